The zero-order valence-corrected chi connectivity index (χ0v) is 12.4. The lowest BCUT2D eigenvalue weighted by molar-refractivity contribution is 0.343. The first kappa shape index (κ1) is 13.2. The Morgan fingerprint density at radius 2 is 2.29 bits per heavy atom. The molecule has 0 heterocycles. The molecule has 0 unspecified atom stereocenters. The van der Waals surface area contributed by atoms with E-state index in [2.05, 4.69) is 39.6 Å². The predicted octanol–water partition coefficient (Wildman–Crippen LogP) is 3.44. The molecule has 0 aromatic heterocycles. The molecule has 0 radical (unpaired) electrons. The second-order valence-corrected chi connectivity index (χ2v) is 6.09. The average molecular weight is 316 g/mol. The Bertz CT molecular complexity index is 368. The van der Waals surface area contributed by atoms with Crippen LogP contribution in [0.25, 0.3) is 0 Å². The van der Waals surface area contributed by atoms with Gasteiger partial charge in [0.05, 0.1) is 6.61 Å². The van der Waals surface area contributed by atoms with Crippen LogP contribution < -0.4 is 10.1 Å². The molecule has 0 atom stereocenters. The van der Waals surface area contributed by atoms with E-state index in [-0.39, 0.29) is 0 Å². The summed E-state index contributed by atoms with van der Waals surface area (Å²) in [6, 6.07) is 6.95. The van der Waals surface area contributed by atoms with Gasteiger partial charge in [-0.05, 0) is 42.9 Å². The standard InChI is InChI=1S/C13H18BrNOS/c1-17-7-6-16-12-4-5-13(14)10(8-12)9-15-11-2-3-11/h4-5,8,11,15H,2-3,6-7,9H2,1H3. The Hall–Kier alpha value is -0.190. The highest BCUT2D eigenvalue weighted by Gasteiger charge is 2.20. The molecular weight excluding hydrogens is 298 g/mol. The molecule has 0 saturated heterocycles. The maximum atomic E-state index is 5.70. The fourth-order valence-electron chi connectivity index (χ4n) is 1.56. The molecule has 0 bridgehead atoms. The number of halogens is 1. The van der Waals surface area contributed by atoms with E-state index in [1.807, 2.05) is 6.07 Å². The number of hydrogen-bond acceptors (Lipinski definition) is 3. The van der Waals surface area contributed by atoms with E-state index >= 15 is 0 Å². The Morgan fingerprint density at radius 1 is 1.47 bits per heavy atom. The van der Waals surface area contributed by atoms with Crippen LogP contribution in [0, 0.1) is 0 Å². The summed E-state index contributed by atoms with van der Waals surface area (Å²) in [6.07, 6.45) is 4.74. The second kappa shape index (κ2) is 6.66. The summed E-state index contributed by atoms with van der Waals surface area (Å²) >= 11 is 5.39. The van der Waals surface area contributed by atoms with Crippen LogP contribution in [0.1, 0.15) is 18.4 Å². The van der Waals surface area contributed by atoms with Crippen LogP contribution in [-0.4, -0.2) is 24.7 Å². The number of hydrogen-bond donors (Lipinski definition) is 1. The minimum Gasteiger partial charge on any atom is -0.493 e. The summed E-state index contributed by atoms with van der Waals surface area (Å²) in [4.78, 5) is 0. The van der Waals surface area contributed by atoms with Crippen LogP contribution in [0.4, 0.5) is 0 Å². The first-order valence-corrected chi connectivity index (χ1v) is 8.12. The van der Waals surface area contributed by atoms with Crippen molar-refractivity contribution < 1.29 is 4.74 Å². The van der Waals surface area contributed by atoms with Crippen molar-refractivity contribution in [1.82, 2.24) is 5.32 Å². The maximum absolute atomic E-state index is 5.70. The first-order chi connectivity index (χ1) is 8.29. The molecule has 1 aromatic carbocycles. The molecule has 2 rings (SSSR count). The van der Waals surface area contributed by atoms with Gasteiger partial charge in [-0.1, -0.05) is 15.9 Å². The molecule has 0 spiro atoms. The Balaban J connectivity index is 1.90. The predicted molar refractivity (Wildman–Crippen MR) is 77.9 cm³/mol. The highest BCUT2D eigenvalue weighted by molar-refractivity contribution is 9.10. The van der Waals surface area contributed by atoms with Crippen LogP contribution in [-0.2, 0) is 6.54 Å². The molecule has 1 fully saturated rings. The van der Waals surface area contributed by atoms with Gasteiger partial charge in [-0.15, -0.1) is 0 Å². The van der Waals surface area contributed by atoms with E-state index in [4.69, 9.17) is 4.74 Å². The smallest absolute Gasteiger partial charge is 0.119 e. The normalized spacial score (nSPS) is 14.9. The Kier molecular flexibility index (Phi) is 5.19. The van der Waals surface area contributed by atoms with E-state index in [0.717, 1.165) is 35.2 Å². The fraction of sp³-hybridized carbons (Fsp3) is 0.538. The quantitative estimate of drug-likeness (QED) is 0.779. The van der Waals surface area contributed by atoms with Crippen molar-refractivity contribution in [3.8, 4) is 5.75 Å². The van der Waals surface area contributed by atoms with Crippen molar-refractivity contribution in [2.75, 3.05) is 18.6 Å². The van der Waals surface area contributed by atoms with Crippen LogP contribution in [0.5, 0.6) is 5.75 Å². The van der Waals surface area contributed by atoms with Crippen molar-refractivity contribution in [1.29, 1.82) is 0 Å². The Morgan fingerprint density at radius 3 is 3.00 bits per heavy atom. The van der Waals surface area contributed by atoms with Crippen molar-refractivity contribution in [2.45, 2.75) is 25.4 Å². The number of ether oxygens (including phenoxy) is 1. The monoisotopic (exact) mass is 315 g/mol. The van der Waals surface area contributed by atoms with Crippen molar-refractivity contribution >= 4 is 27.7 Å². The lowest BCUT2D eigenvalue weighted by atomic mass is 10.2. The highest BCUT2D eigenvalue weighted by atomic mass is 79.9. The highest BCUT2D eigenvalue weighted by Crippen LogP contribution is 2.25. The molecule has 1 saturated carbocycles. The third-order valence-corrected chi connectivity index (χ3v) is 4.08. The molecule has 1 N–H and O–H groups in total. The first-order valence-electron chi connectivity index (χ1n) is 5.93. The second-order valence-electron chi connectivity index (χ2n) is 4.25. The maximum Gasteiger partial charge on any atom is 0.119 e. The van der Waals surface area contributed by atoms with Crippen molar-refractivity contribution in [2.24, 2.45) is 0 Å². The summed E-state index contributed by atoms with van der Waals surface area (Å²) in [6.45, 7) is 1.70. The van der Waals surface area contributed by atoms with E-state index in [1.165, 1.54) is 18.4 Å². The Labute approximate surface area is 116 Å². The molecule has 2 nitrogen and oxygen atoms in total. The molecule has 17 heavy (non-hydrogen) atoms. The zero-order valence-electron chi connectivity index (χ0n) is 10.0. The van der Waals surface area contributed by atoms with E-state index < -0.39 is 0 Å². The fourth-order valence-corrected chi connectivity index (χ4v) is 2.20. The molecule has 0 aliphatic heterocycles. The van der Waals surface area contributed by atoms with Gasteiger partial charge >= 0.3 is 0 Å². The minimum atomic E-state index is 0.739. The van der Waals surface area contributed by atoms with Gasteiger partial charge in [-0.2, -0.15) is 11.8 Å². The summed E-state index contributed by atoms with van der Waals surface area (Å²) in [7, 11) is 0. The van der Waals surface area contributed by atoms with Gasteiger partial charge < -0.3 is 10.1 Å². The molecule has 1 aliphatic rings. The molecule has 0 amide bonds. The van der Waals surface area contributed by atoms with E-state index in [1.54, 1.807) is 11.8 Å². The molecule has 1 aromatic rings. The summed E-state index contributed by atoms with van der Waals surface area (Å²) in [5.74, 6) is 2.00. The van der Waals surface area contributed by atoms with Crippen LogP contribution >= 0.6 is 27.7 Å². The lowest BCUT2D eigenvalue weighted by Crippen LogP contribution is -2.15. The zero-order chi connectivity index (χ0) is 12.1. The van der Waals surface area contributed by atoms with Gasteiger partial charge in [0.15, 0.2) is 0 Å². The molecule has 1 aliphatic carbocycles. The van der Waals surface area contributed by atoms with Gasteiger partial charge in [-0.25, -0.2) is 0 Å². The summed E-state index contributed by atoms with van der Waals surface area (Å²) < 4.78 is 6.85. The minimum absolute atomic E-state index is 0.739. The van der Waals surface area contributed by atoms with Gasteiger partial charge in [0.2, 0.25) is 0 Å². The van der Waals surface area contributed by atoms with Gasteiger partial charge in [0, 0.05) is 22.8 Å². The number of rotatable bonds is 7. The summed E-state index contributed by atoms with van der Waals surface area (Å²) in [5.41, 5.74) is 1.28. The average Bonchev–Trinajstić information content (AvgIpc) is 3.14. The van der Waals surface area contributed by atoms with E-state index in [0.29, 0.717) is 0 Å². The van der Waals surface area contributed by atoms with Crippen LogP contribution in [0.15, 0.2) is 22.7 Å². The van der Waals surface area contributed by atoms with Crippen LogP contribution in [0.3, 0.4) is 0 Å². The number of thioether (sulfide) groups is 1. The largest absolute Gasteiger partial charge is 0.493 e. The van der Waals surface area contributed by atoms with Crippen LogP contribution in [0.2, 0.25) is 0 Å². The third-order valence-electron chi connectivity index (χ3n) is 2.73. The topological polar surface area (TPSA) is 21.3 Å². The van der Waals surface area contributed by atoms with Crippen molar-refractivity contribution in [3.63, 3.8) is 0 Å². The third kappa shape index (κ3) is 4.53. The SMILES string of the molecule is CSCCOc1ccc(Br)c(CNC2CC2)c1. The van der Waals surface area contributed by atoms with Gasteiger partial charge in [0.25, 0.3) is 0 Å². The lowest BCUT2D eigenvalue weighted by Gasteiger charge is -2.10. The molecular formula is C13H18BrNOS. The number of benzene rings is 1. The molecule has 94 valence electrons. The summed E-state index contributed by atoms with van der Waals surface area (Å²) in [5, 5.41) is 3.52. The van der Waals surface area contributed by atoms with Gasteiger partial charge in [0.1, 0.15) is 5.75 Å². The van der Waals surface area contributed by atoms with Crippen molar-refractivity contribution in [3.05, 3.63) is 28.2 Å². The number of nitrogens with one attached hydrogen (secondary N) is 1. The molecule has 4 heteroatoms. The van der Waals surface area contributed by atoms with E-state index in [9.17, 15) is 0 Å². The van der Waals surface area contributed by atoms with Gasteiger partial charge in [-0.3, -0.25) is 0 Å².